The molecule has 0 atom stereocenters. The van der Waals surface area contributed by atoms with Crippen LogP contribution in [0.25, 0.3) is 88.0 Å². The highest BCUT2D eigenvalue weighted by Crippen LogP contribution is 2.63. The Morgan fingerprint density at radius 1 is 0.402 bits per heavy atom. The van der Waals surface area contributed by atoms with Crippen molar-refractivity contribution in [1.82, 2.24) is 4.57 Å². The average molecular weight is 1180 g/mol. The lowest BCUT2D eigenvalue weighted by molar-refractivity contribution is -0.00514. The molecule has 0 radical (unpaired) electrons. The summed E-state index contributed by atoms with van der Waals surface area (Å²) in [7, 11) is 0. The number of benzene rings is 12. The molecule has 2 aliphatic heterocycles. The van der Waals surface area contributed by atoms with E-state index in [-0.39, 0.29) is 17.5 Å². The number of anilines is 6. The van der Waals surface area contributed by atoms with E-state index in [2.05, 4.69) is 307 Å². The highest BCUT2D eigenvalue weighted by atomic mass is 15.2. The van der Waals surface area contributed by atoms with E-state index in [0.29, 0.717) is 5.69 Å². The SMILES string of the molecule is [C-]#[N+]c1ccc2c(c1)c1cc(C(C)(C)C)ccc1n2-c1ccc2c(c1)N(c1c(-c3ccccc3)cccc1-c1ccccc1)c1cc(C34CC5CC(CC(C5)C3)C4)cc3c1B2c1ccc(-c2ccccc2)cc1N3c1c(-c2ccccc2)cccc1-c1ccccc1. The largest absolute Gasteiger partial charge is 0.310 e. The van der Waals surface area contributed by atoms with E-state index < -0.39 is 0 Å². The number of hydrogen-bond acceptors (Lipinski definition) is 2. The molecule has 13 aromatic rings. The minimum absolute atomic E-state index is 0.0168. The van der Waals surface area contributed by atoms with Gasteiger partial charge in [-0.1, -0.05) is 239 Å². The molecular formula is C87H69BN4. The minimum Gasteiger partial charge on any atom is -0.310 e. The first-order valence-corrected chi connectivity index (χ1v) is 33.2. The third-order valence-corrected chi connectivity index (χ3v) is 21.7. The summed E-state index contributed by atoms with van der Waals surface area (Å²) in [6, 6.07) is 103. The quantitative estimate of drug-likeness (QED) is 0.106. The predicted octanol–water partition coefficient (Wildman–Crippen LogP) is 21.5. The van der Waals surface area contributed by atoms with E-state index in [1.54, 1.807) is 0 Å². The molecule has 0 N–H and O–H groups in total. The zero-order chi connectivity index (χ0) is 61.4. The molecule has 6 aliphatic rings. The maximum atomic E-state index is 8.23. The van der Waals surface area contributed by atoms with E-state index in [4.69, 9.17) is 6.57 Å². The number of rotatable bonds is 9. The summed E-state index contributed by atoms with van der Waals surface area (Å²) in [5.74, 6) is 2.19. The van der Waals surface area contributed by atoms with Gasteiger partial charge in [-0.05, 0) is 188 Å². The van der Waals surface area contributed by atoms with Crippen LogP contribution in [0.3, 0.4) is 0 Å². The topological polar surface area (TPSA) is 15.8 Å². The Morgan fingerprint density at radius 2 is 0.837 bits per heavy atom. The molecule has 0 saturated heterocycles. The van der Waals surface area contributed by atoms with Crippen molar-refractivity contribution in [3.05, 3.63) is 296 Å². The molecule has 4 fully saturated rings. The highest BCUT2D eigenvalue weighted by Gasteiger charge is 2.53. The summed E-state index contributed by atoms with van der Waals surface area (Å²) in [4.78, 5) is 9.52. The molecule has 4 nitrogen and oxygen atoms in total. The zero-order valence-electron chi connectivity index (χ0n) is 52.3. The number of para-hydroxylation sites is 2. The Morgan fingerprint density at radius 3 is 1.30 bits per heavy atom. The molecule has 1 aromatic heterocycles. The van der Waals surface area contributed by atoms with Gasteiger partial charge in [0.05, 0.1) is 29.0 Å². The lowest BCUT2D eigenvalue weighted by Crippen LogP contribution is -2.61. The number of aromatic nitrogens is 1. The van der Waals surface area contributed by atoms with Gasteiger partial charge in [-0.25, -0.2) is 4.85 Å². The van der Waals surface area contributed by atoms with Crippen LogP contribution in [0.2, 0.25) is 0 Å². The second kappa shape index (κ2) is 21.1. The summed E-state index contributed by atoms with van der Waals surface area (Å²) < 4.78 is 2.48. The fourth-order valence-electron chi connectivity index (χ4n) is 18.0. The summed E-state index contributed by atoms with van der Waals surface area (Å²) in [6.07, 6.45) is 7.75. The molecule has 0 unspecified atom stereocenters. The lowest BCUT2D eigenvalue weighted by Gasteiger charge is -2.57. The van der Waals surface area contributed by atoms with Gasteiger partial charge in [0.15, 0.2) is 5.69 Å². The normalized spacial score (nSPS) is 18.4. The van der Waals surface area contributed by atoms with E-state index in [9.17, 15) is 0 Å². The van der Waals surface area contributed by atoms with Crippen molar-refractivity contribution in [2.24, 2.45) is 17.8 Å². The first-order chi connectivity index (χ1) is 45.1. The van der Waals surface area contributed by atoms with Crippen molar-refractivity contribution in [2.75, 3.05) is 9.80 Å². The Kier molecular flexibility index (Phi) is 12.5. The number of fused-ring (bicyclic) bond motifs is 7. The second-order valence-corrected chi connectivity index (χ2v) is 28.1. The van der Waals surface area contributed by atoms with Gasteiger partial charge < -0.3 is 14.4 Å². The van der Waals surface area contributed by atoms with Crippen molar-refractivity contribution in [2.45, 2.75) is 70.1 Å². The van der Waals surface area contributed by atoms with E-state index in [1.807, 2.05) is 6.07 Å². The Bertz CT molecular complexity index is 4980. The van der Waals surface area contributed by atoms with Gasteiger partial charge >= 0.3 is 0 Å². The summed E-state index contributed by atoms with van der Waals surface area (Å²) in [6.45, 7) is 14.9. The van der Waals surface area contributed by atoms with Crippen LogP contribution in [0.4, 0.5) is 39.8 Å². The van der Waals surface area contributed by atoms with E-state index in [1.165, 1.54) is 144 Å². The first-order valence-electron chi connectivity index (χ1n) is 33.2. The first kappa shape index (κ1) is 54.5. The fraction of sp³-hybridized carbons (Fsp3) is 0.161. The second-order valence-electron chi connectivity index (χ2n) is 28.1. The molecule has 92 heavy (non-hydrogen) atoms. The fourth-order valence-corrected chi connectivity index (χ4v) is 18.0. The molecule has 0 amide bonds. The average Bonchev–Trinajstić information content (AvgIpc) is 0.710. The van der Waals surface area contributed by atoms with Crippen LogP contribution < -0.4 is 26.2 Å². The van der Waals surface area contributed by atoms with Crippen LogP contribution >= 0.6 is 0 Å². The van der Waals surface area contributed by atoms with Crippen LogP contribution in [0.5, 0.6) is 0 Å². The van der Waals surface area contributed by atoms with Crippen LogP contribution in [-0.4, -0.2) is 11.3 Å². The predicted molar refractivity (Wildman–Crippen MR) is 387 cm³/mol. The van der Waals surface area contributed by atoms with Gasteiger partial charge in [0.2, 0.25) is 0 Å². The maximum Gasteiger partial charge on any atom is 0.252 e. The lowest BCUT2D eigenvalue weighted by atomic mass is 9.33. The Hall–Kier alpha value is -10.4. The Balaban J connectivity index is 1.01. The van der Waals surface area contributed by atoms with Crippen LogP contribution in [0.15, 0.2) is 273 Å². The smallest absolute Gasteiger partial charge is 0.252 e. The van der Waals surface area contributed by atoms with Gasteiger partial charge in [-0.3, -0.25) is 0 Å². The van der Waals surface area contributed by atoms with Gasteiger partial charge in [0.1, 0.15) is 0 Å². The molecule has 440 valence electrons. The van der Waals surface area contributed by atoms with Crippen LogP contribution in [-0.2, 0) is 10.8 Å². The van der Waals surface area contributed by atoms with Gasteiger partial charge in [-0.15, -0.1) is 0 Å². The molecule has 12 aromatic carbocycles. The van der Waals surface area contributed by atoms with Crippen molar-refractivity contribution in [3.63, 3.8) is 0 Å². The van der Waals surface area contributed by atoms with Crippen LogP contribution in [0.1, 0.15) is 70.4 Å². The maximum absolute atomic E-state index is 8.23. The standard InChI is InChI=1S/C87H69BN4/c1-86(2,3)65-37-42-77-73(48-65)74-51-67(89-4)38-43-78(74)90(77)68-39-41-76-80(52-68)92(85-71(62-28-16-8-17-29-62)34-21-35-72(85)63-30-18-9-19-31-63)82-50-66(87-53-56-44-57(54-87)46-58(45-56)55-87)49-81-83(82)88(76)75-40-36-64(59-22-10-5-11-23-59)47-79(75)91(81)84-69(60-24-12-6-13-25-60)32-20-33-70(84)61-26-14-7-15-27-61/h5-43,47-52,56-58H,44-46,53-55H2,1-3H3. The monoisotopic (exact) mass is 1180 g/mol. The molecule has 3 heterocycles. The van der Waals surface area contributed by atoms with Gasteiger partial charge in [-0.2, -0.15) is 0 Å². The highest BCUT2D eigenvalue weighted by molar-refractivity contribution is 7.00. The minimum atomic E-state index is -0.163. The third kappa shape index (κ3) is 8.64. The Labute approximate surface area is 540 Å². The van der Waals surface area contributed by atoms with Crippen molar-refractivity contribution < 1.29 is 0 Å². The van der Waals surface area contributed by atoms with Crippen molar-refractivity contribution >= 4 is 84.7 Å². The zero-order valence-corrected chi connectivity index (χ0v) is 52.3. The third-order valence-electron chi connectivity index (χ3n) is 21.7. The summed E-state index contributed by atoms with van der Waals surface area (Å²) in [5.41, 5.74) is 29.5. The van der Waals surface area contributed by atoms with E-state index >= 15 is 0 Å². The van der Waals surface area contributed by atoms with Gasteiger partial charge in [0.25, 0.3) is 6.71 Å². The molecule has 4 bridgehead atoms. The summed E-state index contributed by atoms with van der Waals surface area (Å²) in [5, 5.41) is 2.25. The van der Waals surface area contributed by atoms with Gasteiger partial charge in [0, 0.05) is 56.1 Å². The molecule has 0 spiro atoms. The molecule has 4 aliphatic carbocycles. The number of nitrogens with zero attached hydrogens (tertiary/aromatic N) is 4. The van der Waals surface area contributed by atoms with E-state index in [0.717, 1.165) is 56.6 Å². The van der Waals surface area contributed by atoms with Crippen molar-refractivity contribution in [1.29, 1.82) is 0 Å². The molecule has 5 heteroatoms. The molecule has 4 saturated carbocycles. The summed E-state index contributed by atoms with van der Waals surface area (Å²) >= 11 is 0. The molecule has 19 rings (SSSR count). The number of hydrogen-bond donors (Lipinski definition) is 0. The van der Waals surface area contributed by atoms with Crippen molar-refractivity contribution in [3.8, 4) is 61.3 Å². The van der Waals surface area contributed by atoms with Crippen LogP contribution in [0, 0.1) is 24.3 Å². The molecular weight excluding hydrogens is 1110 g/mol.